The number of hydrogen-bond donors (Lipinski definition) is 0. The van der Waals surface area contributed by atoms with Crippen molar-refractivity contribution in [2.75, 3.05) is 0 Å². The first kappa shape index (κ1) is 52.9. The Kier molecular flexibility index (Phi) is 30.7. The number of hydrogen-bond acceptors (Lipinski definition) is 2. The minimum Gasteiger partial charge on any atom is -0.459 e. The highest BCUT2D eigenvalue weighted by Crippen LogP contribution is 2.22. The summed E-state index contributed by atoms with van der Waals surface area (Å²) < 4.78 is 5.64. The van der Waals surface area contributed by atoms with Crippen molar-refractivity contribution in [1.29, 1.82) is 0 Å². The van der Waals surface area contributed by atoms with E-state index in [0.29, 0.717) is 0 Å². The van der Waals surface area contributed by atoms with E-state index in [9.17, 15) is 4.79 Å². The summed E-state index contributed by atoms with van der Waals surface area (Å²) in [5.41, 5.74) is 14.6. The third-order valence-electron chi connectivity index (χ3n) is 11.5. The molecule has 1 fully saturated rings. The molecule has 0 bridgehead atoms. The van der Waals surface area contributed by atoms with Gasteiger partial charge in [0.15, 0.2) is 0 Å². The molecular weight excluding hydrogens is 705 g/mol. The predicted molar refractivity (Wildman–Crippen MR) is 259 cm³/mol. The van der Waals surface area contributed by atoms with Crippen LogP contribution < -0.4 is 0 Å². The number of ether oxygens (including phenoxy) is 1. The molecule has 0 heterocycles. The molecule has 1 saturated carbocycles. The average molecular weight is 795 g/mol. The minimum atomic E-state index is -0.155. The molecule has 58 heavy (non-hydrogen) atoms. The fourth-order valence-electron chi connectivity index (χ4n) is 7.43. The molecule has 0 saturated heterocycles. The van der Waals surface area contributed by atoms with Gasteiger partial charge in [0, 0.05) is 6.08 Å². The first-order chi connectivity index (χ1) is 27.7. The van der Waals surface area contributed by atoms with Crippen LogP contribution in [0.3, 0.4) is 0 Å². The zero-order valence-corrected chi connectivity index (χ0v) is 39.9. The van der Waals surface area contributed by atoms with Gasteiger partial charge in [-0.2, -0.15) is 0 Å². The number of carbonyl (C=O) groups excluding carboxylic acids is 1. The third-order valence-corrected chi connectivity index (χ3v) is 11.5. The van der Waals surface area contributed by atoms with Gasteiger partial charge in [-0.3, -0.25) is 0 Å². The zero-order chi connectivity index (χ0) is 43.0. The molecule has 0 aromatic rings. The molecule has 2 nitrogen and oxygen atoms in total. The Bertz CT molecular complexity index is 1480. The van der Waals surface area contributed by atoms with Gasteiger partial charge >= 0.3 is 5.97 Å². The van der Waals surface area contributed by atoms with Crippen molar-refractivity contribution in [3.8, 4) is 0 Å². The second kappa shape index (κ2) is 33.7. The Labute approximate surface area is 360 Å². The van der Waals surface area contributed by atoms with Gasteiger partial charge in [-0.1, -0.05) is 117 Å². The second-order valence-corrected chi connectivity index (χ2v) is 18.2. The Hall–Kier alpha value is -3.13. The van der Waals surface area contributed by atoms with Crippen LogP contribution in [0.5, 0.6) is 0 Å². The first-order valence-corrected chi connectivity index (χ1v) is 23.5. The van der Waals surface area contributed by atoms with Gasteiger partial charge in [0.05, 0.1) is 0 Å². The molecule has 1 aliphatic rings. The lowest BCUT2D eigenvalue weighted by Gasteiger charge is -2.21. The molecule has 0 N–H and O–H groups in total. The monoisotopic (exact) mass is 795 g/mol. The second-order valence-electron chi connectivity index (χ2n) is 18.2. The van der Waals surface area contributed by atoms with Crippen molar-refractivity contribution >= 4 is 5.97 Å². The first-order valence-electron chi connectivity index (χ1n) is 23.5. The predicted octanol–water partition coefficient (Wildman–Crippen LogP) is 18.4. The van der Waals surface area contributed by atoms with Gasteiger partial charge < -0.3 is 4.74 Å². The molecule has 0 spiro atoms. The van der Waals surface area contributed by atoms with E-state index in [1.165, 1.54) is 108 Å². The van der Waals surface area contributed by atoms with Gasteiger partial charge in [0.25, 0.3) is 0 Å². The molecule has 0 aliphatic heterocycles. The zero-order valence-electron chi connectivity index (χ0n) is 39.9. The summed E-state index contributed by atoms with van der Waals surface area (Å²) in [6, 6.07) is 0. The molecule has 0 aromatic carbocycles. The van der Waals surface area contributed by atoms with Crippen molar-refractivity contribution in [1.82, 2.24) is 0 Å². The van der Waals surface area contributed by atoms with Crippen LogP contribution in [-0.2, 0) is 9.53 Å². The van der Waals surface area contributed by atoms with Crippen LogP contribution in [0.2, 0.25) is 0 Å². The fraction of sp³-hybridized carbons (Fsp3) is 0.625. The van der Waals surface area contributed by atoms with Gasteiger partial charge in [0.1, 0.15) is 6.10 Å². The van der Waals surface area contributed by atoms with E-state index >= 15 is 0 Å². The van der Waals surface area contributed by atoms with Crippen LogP contribution >= 0.6 is 0 Å². The molecule has 0 unspecified atom stereocenters. The van der Waals surface area contributed by atoms with Crippen molar-refractivity contribution in [3.63, 3.8) is 0 Å². The van der Waals surface area contributed by atoms with E-state index in [1.807, 2.05) is 6.92 Å². The van der Waals surface area contributed by atoms with Crippen LogP contribution in [0.15, 0.2) is 116 Å². The van der Waals surface area contributed by atoms with E-state index in [2.05, 4.69) is 124 Å². The summed E-state index contributed by atoms with van der Waals surface area (Å²) in [6.45, 7) is 24.7. The minimum absolute atomic E-state index is 0.131. The van der Waals surface area contributed by atoms with Crippen molar-refractivity contribution in [2.45, 2.75) is 230 Å². The van der Waals surface area contributed by atoms with E-state index in [1.54, 1.807) is 6.08 Å². The van der Waals surface area contributed by atoms with Crippen LogP contribution in [0.4, 0.5) is 0 Å². The van der Waals surface area contributed by atoms with Gasteiger partial charge in [-0.05, 0) is 217 Å². The Morgan fingerprint density at radius 3 is 0.862 bits per heavy atom. The summed E-state index contributed by atoms with van der Waals surface area (Å²) in [6.07, 6.45) is 49.7. The van der Waals surface area contributed by atoms with Crippen LogP contribution in [-0.4, -0.2) is 12.1 Å². The number of carbonyl (C=O) groups is 1. The highest BCUT2D eigenvalue weighted by molar-refractivity contribution is 5.82. The Morgan fingerprint density at radius 1 is 0.362 bits per heavy atom. The normalized spacial score (nSPS) is 16.3. The Balaban J connectivity index is 2.22. The summed E-state index contributed by atoms with van der Waals surface area (Å²) in [5, 5.41) is 0. The summed E-state index contributed by atoms with van der Waals surface area (Å²) >= 11 is 0. The SMILES string of the molecule is CC(C)=CCCC(C)=CCCC(C)=CCCC(C)=CCCC(C)=CCCC(C)=CCCC(C)=CCCC(C)=CCCC(C)=CCCC(C)=CC(=O)OC1CCCCC1. The molecule has 0 radical (unpaired) electrons. The van der Waals surface area contributed by atoms with Gasteiger partial charge in [-0.25, -0.2) is 4.79 Å². The van der Waals surface area contributed by atoms with Crippen LogP contribution in [0.1, 0.15) is 224 Å². The molecule has 1 aliphatic carbocycles. The lowest BCUT2D eigenvalue weighted by Crippen LogP contribution is -2.19. The molecule has 1 rings (SSSR count). The topological polar surface area (TPSA) is 26.3 Å². The van der Waals surface area contributed by atoms with Crippen molar-refractivity contribution < 1.29 is 9.53 Å². The van der Waals surface area contributed by atoms with Gasteiger partial charge in [0.2, 0.25) is 0 Å². The average Bonchev–Trinajstić information content (AvgIpc) is 3.15. The largest absolute Gasteiger partial charge is 0.459 e. The standard InChI is InChI=1S/C56H90O2/c1-45(2)24-15-25-46(3)26-16-27-47(4)28-17-29-48(5)30-18-31-49(6)32-19-33-50(7)34-20-35-51(8)36-21-37-52(9)38-22-39-53(10)40-23-41-54(11)44-56(57)58-55-42-13-12-14-43-55/h24,26,28,30,32,34,36,38,40,44,55H,12-23,25,27,29,31,33,35,37,39,41-43H2,1-11H3. The highest BCUT2D eigenvalue weighted by Gasteiger charge is 2.16. The van der Waals surface area contributed by atoms with Gasteiger partial charge in [-0.15, -0.1) is 0 Å². The van der Waals surface area contributed by atoms with Crippen LogP contribution in [0.25, 0.3) is 0 Å². The summed E-state index contributed by atoms with van der Waals surface area (Å²) in [4.78, 5) is 12.2. The summed E-state index contributed by atoms with van der Waals surface area (Å²) in [7, 11) is 0. The van der Waals surface area contributed by atoms with E-state index < -0.39 is 0 Å². The van der Waals surface area contributed by atoms with E-state index in [-0.39, 0.29) is 12.1 Å². The van der Waals surface area contributed by atoms with Crippen LogP contribution in [0, 0.1) is 0 Å². The maximum Gasteiger partial charge on any atom is 0.330 e. The molecule has 0 aromatic heterocycles. The maximum absolute atomic E-state index is 12.2. The Morgan fingerprint density at radius 2 is 0.603 bits per heavy atom. The molecule has 0 amide bonds. The third kappa shape index (κ3) is 31.8. The quantitative estimate of drug-likeness (QED) is 0.0428. The molecule has 326 valence electrons. The molecular formula is C56H90O2. The number of rotatable bonds is 29. The fourth-order valence-corrected chi connectivity index (χ4v) is 7.43. The van der Waals surface area contributed by atoms with E-state index in [0.717, 1.165) is 95.5 Å². The van der Waals surface area contributed by atoms with E-state index in [4.69, 9.17) is 4.74 Å². The smallest absolute Gasteiger partial charge is 0.330 e. The number of esters is 1. The lowest BCUT2D eigenvalue weighted by molar-refractivity contribution is -0.144. The summed E-state index contributed by atoms with van der Waals surface area (Å²) in [5.74, 6) is -0.155. The van der Waals surface area contributed by atoms with Crippen molar-refractivity contribution in [2.24, 2.45) is 0 Å². The highest BCUT2D eigenvalue weighted by atomic mass is 16.5. The maximum atomic E-state index is 12.2. The number of allylic oxidation sites excluding steroid dienone is 19. The van der Waals surface area contributed by atoms with Crippen molar-refractivity contribution in [3.05, 3.63) is 116 Å². The lowest BCUT2D eigenvalue weighted by atomic mass is 9.98. The molecule has 0 atom stereocenters. The molecule has 2 heteroatoms.